The van der Waals surface area contributed by atoms with Crippen molar-refractivity contribution in [2.75, 3.05) is 37.2 Å². The van der Waals surface area contributed by atoms with E-state index in [1.807, 2.05) is 18.7 Å². The van der Waals surface area contributed by atoms with Crippen LogP contribution in [0.2, 0.25) is 0 Å². The average molecular weight is 388 g/mol. The highest BCUT2D eigenvalue weighted by atomic mass is 32.2. The number of carbonyl (C=O) groups excluding carboxylic acids is 1. The number of amides is 1. The van der Waals surface area contributed by atoms with Gasteiger partial charge in [0, 0.05) is 30.6 Å². The third-order valence-electron chi connectivity index (χ3n) is 3.91. The van der Waals surface area contributed by atoms with Gasteiger partial charge in [-0.05, 0) is 25.5 Å². The average Bonchev–Trinajstić information content (AvgIpc) is 2.65. The van der Waals surface area contributed by atoms with Crippen molar-refractivity contribution in [3.63, 3.8) is 0 Å². The fraction of sp³-hybridized carbons (Fsp3) is 0.529. The molecular weight excluding hydrogens is 365 g/mol. The monoisotopic (exact) mass is 388 g/mol. The number of aliphatic imine (C=N–C) groups is 1. The van der Waals surface area contributed by atoms with E-state index in [4.69, 9.17) is 0 Å². The van der Waals surface area contributed by atoms with Crippen molar-refractivity contribution in [2.45, 2.75) is 25.5 Å². The normalized spacial score (nSPS) is 18.0. The quantitative estimate of drug-likeness (QED) is 0.463. The van der Waals surface area contributed by atoms with Gasteiger partial charge in [0.25, 0.3) is 0 Å². The summed E-state index contributed by atoms with van der Waals surface area (Å²) in [5.41, 5.74) is -0.408. The first-order chi connectivity index (χ1) is 12.5. The Kier molecular flexibility index (Phi) is 7.62. The Morgan fingerprint density at radius 2 is 2.08 bits per heavy atom. The molecule has 1 aliphatic heterocycles. The molecule has 5 nitrogen and oxygen atoms in total. The summed E-state index contributed by atoms with van der Waals surface area (Å²) in [4.78, 5) is 18.4. The van der Waals surface area contributed by atoms with Crippen molar-refractivity contribution in [3.8, 4) is 0 Å². The van der Waals surface area contributed by atoms with Crippen LogP contribution in [0.1, 0.15) is 20.3 Å². The number of halogens is 3. The van der Waals surface area contributed by atoms with Gasteiger partial charge >= 0.3 is 0 Å². The molecule has 1 atom stereocenters. The van der Waals surface area contributed by atoms with Crippen LogP contribution in [0.4, 0.5) is 18.9 Å². The van der Waals surface area contributed by atoms with Crippen LogP contribution in [0.15, 0.2) is 17.1 Å². The van der Waals surface area contributed by atoms with Crippen LogP contribution in [-0.4, -0.2) is 53.9 Å². The number of thioether (sulfide) groups is 1. The number of benzene rings is 1. The second-order valence-corrected chi connectivity index (χ2v) is 7.20. The molecule has 26 heavy (non-hydrogen) atoms. The lowest BCUT2D eigenvalue weighted by Crippen LogP contribution is -2.48. The summed E-state index contributed by atoms with van der Waals surface area (Å²) in [5.74, 6) is -3.35. The van der Waals surface area contributed by atoms with E-state index in [2.05, 4.69) is 27.4 Å². The van der Waals surface area contributed by atoms with Crippen molar-refractivity contribution < 1.29 is 18.0 Å². The van der Waals surface area contributed by atoms with E-state index in [1.165, 1.54) is 0 Å². The minimum atomic E-state index is -1.61. The Morgan fingerprint density at radius 1 is 1.31 bits per heavy atom. The number of hydrogen-bond donors (Lipinski definition) is 2. The van der Waals surface area contributed by atoms with Crippen molar-refractivity contribution in [1.29, 1.82) is 0 Å². The van der Waals surface area contributed by atoms with E-state index < -0.39 is 29.0 Å². The van der Waals surface area contributed by atoms with Gasteiger partial charge in [-0.2, -0.15) is 11.8 Å². The molecule has 1 heterocycles. The Balaban J connectivity index is 2.02. The third-order valence-corrected chi connectivity index (χ3v) is 5.28. The smallest absolute Gasteiger partial charge is 0.246 e. The molecule has 1 saturated heterocycles. The number of carbonyl (C=O) groups is 1. The van der Waals surface area contributed by atoms with E-state index in [0.717, 1.165) is 37.4 Å². The van der Waals surface area contributed by atoms with E-state index in [9.17, 15) is 18.0 Å². The van der Waals surface area contributed by atoms with Crippen LogP contribution < -0.4 is 10.6 Å². The van der Waals surface area contributed by atoms with E-state index in [-0.39, 0.29) is 6.54 Å². The van der Waals surface area contributed by atoms with Crippen LogP contribution in [0, 0.1) is 17.5 Å². The maximum absolute atomic E-state index is 13.6. The van der Waals surface area contributed by atoms with E-state index in [0.29, 0.717) is 17.8 Å². The van der Waals surface area contributed by atoms with Crippen LogP contribution in [0.5, 0.6) is 0 Å². The van der Waals surface area contributed by atoms with Gasteiger partial charge in [0.15, 0.2) is 23.4 Å². The third kappa shape index (κ3) is 5.30. The molecule has 1 aromatic rings. The van der Waals surface area contributed by atoms with Gasteiger partial charge in [-0.3, -0.25) is 4.79 Å². The number of rotatable bonds is 5. The van der Waals surface area contributed by atoms with Gasteiger partial charge in [0.1, 0.15) is 6.54 Å². The highest BCUT2D eigenvalue weighted by Crippen LogP contribution is 2.21. The van der Waals surface area contributed by atoms with Crippen LogP contribution in [0.3, 0.4) is 0 Å². The first-order valence-corrected chi connectivity index (χ1v) is 9.59. The Morgan fingerprint density at radius 3 is 2.77 bits per heavy atom. The summed E-state index contributed by atoms with van der Waals surface area (Å²) in [6.45, 7) is 6.13. The summed E-state index contributed by atoms with van der Waals surface area (Å²) >= 11 is 1.92. The second kappa shape index (κ2) is 9.70. The molecule has 9 heteroatoms. The number of nitrogens with zero attached hydrogens (tertiary/aromatic N) is 2. The molecule has 1 aliphatic rings. The Bertz CT molecular complexity index is 672. The molecule has 0 radical (unpaired) electrons. The molecule has 0 spiro atoms. The number of guanidine groups is 1. The summed E-state index contributed by atoms with van der Waals surface area (Å²) in [7, 11) is 0. The van der Waals surface area contributed by atoms with E-state index in [1.54, 1.807) is 0 Å². The molecule has 144 valence electrons. The number of anilines is 1. The zero-order valence-electron chi connectivity index (χ0n) is 14.8. The van der Waals surface area contributed by atoms with Crippen molar-refractivity contribution in [1.82, 2.24) is 10.2 Å². The molecule has 0 saturated carbocycles. The topological polar surface area (TPSA) is 56.7 Å². The lowest BCUT2D eigenvalue weighted by atomic mass is 10.2. The lowest BCUT2D eigenvalue weighted by molar-refractivity contribution is -0.114. The van der Waals surface area contributed by atoms with Gasteiger partial charge in [-0.15, -0.1) is 0 Å². The standard InChI is InChI=1S/C17H23F3N4OS/c1-3-11-10-24(7-8-26-11)17(21-4-2)22-9-14(25)23-13-6-5-12(18)15(19)16(13)20/h5-6,11H,3-4,7-10H2,1-2H3,(H,21,22)(H,23,25). The summed E-state index contributed by atoms with van der Waals surface area (Å²) in [6, 6.07) is 1.74. The number of nitrogens with one attached hydrogen (secondary N) is 2. The fourth-order valence-electron chi connectivity index (χ4n) is 2.54. The molecule has 1 aromatic carbocycles. The van der Waals surface area contributed by atoms with Gasteiger partial charge in [-0.25, -0.2) is 18.2 Å². The van der Waals surface area contributed by atoms with Gasteiger partial charge < -0.3 is 15.5 Å². The Hall–Kier alpha value is -1.90. The lowest BCUT2D eigenvalue weighted by Gasteiger charge is -2.34. The largest absolute Gasteiger partial charge is 0.357 e. The first kappa shape index (κ1) is 20.4. The molecule has 1 amide bonds. The zero-order chi connectivity index (χ0) is 19.1. The molecular formula is C17H23F3N4OS. The molecule has 0 aromatic heterocycles. The molecule has 0 aliphatic carbocycles. The summed E-state index contributed by atoms with van der Waals surface area (Å²) < 4.78 is 39.8. The van der Waals surface area contributed by atoms with Gasteiger partial charge in [0.2, 0.25) is 5.91 Å². The molecule has 0 bridgehead atoms. The van der Waals surface area contributed by atoms with Crippen LogP contribution in [-0.2, 0) is 4.79 Å². The molecule has 2 N–H and O–H groups in total. The fourth-order valence-corrected chi connectivity index (χ4v) is 3.72. The van der Waals surface area contributed by atoms with E-state index >= 15 is 0 Å². The minimum absolute atomic E-state index is 0.249. The minimum Gasteiger partial charge on any atom is -0.357 e. The van der Waals surface area contributed by atoms with Gasteiger partial charge in [0.05, 0.1) is 5.69 Å². The summed E-state index contributed by atoms with van der Waals surface area (Å²) in [5, 5.41) is 5.88. The van der Waals surface area contributed by atoms with Crippen molar-refractivity contribution >= 4 is 29.3 Å². The highest BCUT2D eigenvalue weighted by Gasteiger charge is 2.22. The van der Waals surface area contributed by atoms with Crippen LogP contribution >= 0.6 is 11.8 Å². The summed E-state index contributed by atoms with van der Waals surface area (Å²) in [6.07, 6.45) is 1.05. The predicted octanol–water partition coefficient (Wildman–Crippen LogP) is 2.84. The molecule has 2 rings (SSSR count). The predicted molar refractivity (Wildman–Crippen MR) is 99.0 cm³/mol. The van der Waals surface area contributed by atoms with Crippen molar-refractivity contribution in [2.24, 2.45) is 4.99 Å². The maximum Gasteiger partial charge on any atom is 0.246 e. The molecule has 1 fully saturated rings. The number of hydrogen-bond acceptors (Lipinski definition) is 3. The maximum atomic E-state index is 13.6. The van der Waals surface area contributed by atoms with Crippen molar-refractivity contribution in [3.05, 3.63) is 29.6 Å². The highest BCUT2D eigenvalue weighted by molar-refractivity contribution is 8.00. The SMILES string of the molecule is CCNC(=NCC(=O)Nc1ccc(F)c(F)c1F)N1CCSC(CC)C1. The Labute approximate surface area is 155 Å². The van der Waals surface area contributed by atoms with Crippen LogP contribution in [0.25, 0.3) is 0 Å². The zero-order valence-corrected chi connectivity index (χ0v) is 15.6. The first-order valence-electron chi connectivity index (χ1n) is 8.54. The molecule has 1 unspecified atom stereocenters. The second-order valence-electron chi connectivity index (χ2n) is 5.79. The van der Waals surface area contributed by atoms with Gasteiger partial charge in [-0.1, -0.05) is 6.92 Å².